The van der Waals surface area contributed by atoms with Gasteiger partial charge >= 0.3 is 0 Å². The summed E-state index contributed by atoms with van der Waals surface area (Å²) < 4.78 is 10.3. The summed E-state index contributed by atoms with van der Waals surface area (Å²) in [4.78, 5) is 0. The third kappa shape index (κ3) is 3.36. The van der Waals surface area contributed by atoms with Crippen LogP contribution in [0.4, 0.5) is 0 Å². The van der Waals surface area contributed by atoms with Crippen LogP contribution in [0.1, 0.15) is 5.69 Å². The smallest absolute Gasteiger partial charge is 0.202 e. The van der Waals surface area contributed by atoms with Crippen LogP contribution in [0.3, 0.4) is 0 Å². The van der Waals surface area contributed by atoms with Crippen molar-refractivity contribution in [2.45, 2.75) is 11.9 Å². The predicted octanol–water partition coefficient (Wildman–Crippen LogP) is 1.52. The van der Waals surface area contributed by atoms with Crippen molar-refractivity contribution in [1.82, 2.24) is 5.16 Å². The first kappa shape index (κ1) is 12.2. The molecule has 0 aliphatic heterocycles. The van der Waals surface area contributed by atoms with Crippen LogP contribution in [-0.4, -0.2) is 33.8 Å². The molecule has 1 atom stereocenters. The fraction of sp³-hybridized carbons (Fsp3) is 0.364. The number of hydrogen-bond donors (Lipinski definition) is 2. The highest BCUT2D eigenvalue weighted by Gasteiger charge is 2.09. The molecule has 6 heteroatoms. The van der Waals surface area contributed by atoms with Gasteiger partial charge in [0.15, 0.2) is 5.76 Å². The lowest BCUT2D eigenvalue weighted by Crippen LogP contribution is -2.14. The van der Waals surface area contributed by atoms with Gasteiger partial charge in [0.05, 0.1) is 24.7 Å². The monoisotopic (exact) mass is 255 g/mol. The van der Waals surface area contributed by atoms with Crippen molar-refractivity contribution in [2.24, 2.45) is 0 Å². The van der Waals surface area contributed by atoms with E-state index in [2.05, 4.69) is 5.16 Å². The molecule has 0 saturated carbocycles. The first-order valence-corrected chi connectivity index (χ1v) is 6.31. The molecule has 0 spiro atoms. The van der Waals surface area contributed by atoms with Gasteiger partial charge in [-0.05, 0) is 12.1 Å². The molecule has 0 saturated heterocycles. The second-order valence-electron chi connectivity index (χ2n) is 3.51. The van der Waals surface area contributed by atoms with Crippen molar-refractivity contribution < 1.29 is 19.2 Å². The zero-order chi connectivity index (χ0) is 12.1. The van der Waals surface area contributed by atoms with Crippen LogP contribution in [0.15, 0.2) is 33.4 Å². The Bertz CT molecular complexity index is 440. The quantitative estimate of drug-likeness (QED) is 0.814. The van der Waals surface area contributed by atoms with Gasteiger partial charge in [-0.3, -0.25) is 0 Å². The number of aromatic nitrogens is 1. The van der Waals surface area contributed by atoms with Crippen LogP contribution in [0.5, 0.6) is 0 Å². The lowest BCUT2D eigenvalue weighted by molar-refractivity contribution is 0.113. The number of rotatable bonds is 6. The second-order valence-corrected chi connectivity index (χ2v) is 4.54. The fourth-order valence-corrected chi connectivity index (χ4v) is 2.11. The summed E-state index contributed by atoms with van der Waals surface area (Å²) in [5.74, 6) is 2.33. The molecule has 0 bridgehead atoms. The minimum Gasteiger partial charge on any atom is -0.461 e. The molecular weight excluding hydrogens is 242 g/mol. The first-order chi connectivity index (χ1) is 8.29. The highest BCUT2D eigenvalue weighted by Crippen LogP contribution is 2.22. The third-order valence-corrected chi connectivity index (χ3v) is 3.21. The molecule has 2 rings (SSSR count). The molecular formula is C11H13NO4S. The van der Waals surface area contributed by atoms with Gasteiger partial charge < -0.3 is 19.2 Å². The van der Waals surface area contributed by atoms with Gasteiger partial charge in [-0.2, -0.15) is 11.8 Å². The van der Waals surface area contributed by atoms with Crippen LogP contribution in [0, 0.1) is 0 Å². The summed E-state index contributed by atoms with van der Waals surface area (Å²) in [7, 11) is 0. The molecule has 92 valence electrons. The molecule has 0 fully saturated rings. The Morgan fingerprint density at radius 3 is 3.00 bits per heavy atom. The Morgan fingerprint density at radius 2 is 2.29 bits per heavy atom. The minimum atomic E-state index is -0.684. The SMILES string of the molecule is OCC(O)CSCc1cc(-c2ccco2)on1. The minimum absolute atomic E-state index is 0.219. The zero-order valence-electron chi connectivity index (χ0n) is 9.07. The molecule has 1 unspecified atom stereocenters. The summed E-state index contributed by atoms with van der Waals surface area (Å²) in [6.45, 7) is -0.219. The van der Waals surface area contributed by atoms with Gasteiger partial charge in [0.25, 0.3) is 0 Å². The maximum atomic E-state index is 9.16. The Balaban J connectivity index is 1.87. The topological polar surface area (TPSA) is 79.6 Å². The first-order valence-electron chi connectivity index (χ1n) is 5.15. The maximum absolute atomic E-state index is 9.16. The summed E-state index contributed by atoms with van der Waals surface area (Å²) in [5, 5.41) is 21.7. The molecule has 0 amide bonds. The van der Waals surface area contributed by atoms with Gasteiger partial charge in [-0.15, -0.1) is 0 Å². The van der Waals surface area contributed by atoms with E-state index in [1.54, 1.807) is 24.5 Å². The van der Waals surface area contributed by atoms with Crippen LogP contribution in [0.2, 0.25) is 0 Å². The van der Waals surface area contributed by atoms with E-state index in [1.807, 2.05) is 0 Å². The van der Waals surface area contributed by atoms with E-state index in [9.17, 15) is 0 Å². The van der Waals surface area contributed by atoms with Gasteiger partial charge in [-0.1, -0.05) is 5.16 Å². The third-order valence-electron chi connectivity index (χ3n) is 2.09. The highest BCUT2D eigenvalue weighted by atomic mass is 32.2. The van der Waals surface area contributed by atoms with Crippen LogP contribution in [-0.2, 0) is 5.75 Å². The highest BCUT2D eigenvalue weighted by molar-refractivity contribution is 7.98. The van der Waals surface area contributed by atoms with Crippen molar-refractivity contribution >= 4 is 11.8 Å². The summed E-state index contributed by atoms with van der Waals surface area (Å²) >= 11 is 1.49. The number of furan rings is 1. The van der Waals surface area contributed by atoms with Gasteiger partial charge in [0.1, 0.15) is 0 Å². The van der Waals surface area contributed by atoms with E-state index >= 15 is 0 Å². The Labute approximate surface area is 102 Å². The van der Waals surface area contributed by atoms with Crippen molar-refractivity contribution in [3.63, 3.8) is 0 Å². The average Bonchev–Trinajstić information content (AvgIpc) is 2.98. The summed E-state index contributed by atoms with van der Waals surface area (Å²) in [5.41, 5.74) is 0.784. The van der Waals surface area contributed by atoms with Crippen molar-refractivity contribution in [3.05, 3.63) is 30.2 Å². The standard InChI is InChI=1S/C11H13NO4S/c13-5-9(14)7-17-6-8-4-11(16-12-8)10-2-1-3-15-10/h1-4,9,13-14H,5-7H2. The van der Waals surface area contributed by atoms with Crippen LogP contribution >= 0.6 is 11.8 Å². The maximum Gasteiger partial charge on any atom is 0.202 e. The number of thioether (sulfide) groups is 1. The second kappa shape index (κ2) is 5.90. The molecule has 0 aromatic carbocycles. The predicted molar refractivity (Wildman–Crippen MR) is 63.5 cm³/mol. The van der Waals surface area contributed by atoms with Gasteiger partial charge in [0, 0.05) is 17.6 Å². The van der Waals surface area contributed by atoms with E-state index in [-0.39, 0.29) is 6.61 Å². The van der Waals surface area contributed by atoms with E-state index < -0.39 is 6.10 Å². The molecule has 2 aromatic heterocycles. The van der Waals surface area contributed by atoms with Gasteiger partial charge in [-0.25, -0.2) is 0 Å². The molecule has 0 aliphatic rings. The van der Waals surface area contributed by atoms with E-state index in [0.717, 1.165) is 5.69 Å². The van der Waals surface area contributed by atoms with Crippen molar-refractivity contribution in [3.8, 4) is 11.5 Å². The number of hydrogen-bond acceptors (Lipinski definition) is 6. The summed E-state index contributed by atoms with van der Waals surface area (Å²) in [6.07, 6.45) is 0.889. The van der Waals surface area contributed by atoms with Crippen LogP contribution < -0.4 is 0 Å². The fourth-order valence-electron chi connectivity index (χ4n) is 1.27. The van der Waals surface area contributed by atoms with Crippen LogP contribution in [0.25, 0.3) is 11.5 Å². The Hall–Kier alpha value is -1.24. The normalized spacial score (nSPS) is 12.8. The lowest BCUT2D eigenvalue weighted by Gasteiger charge is -2.04. The molecule has 17 heavy (non-hydrogen) atoms. The summed E-state index contributed by atoms with van der Waals surface area (Å²) in [6, 6.07) is 5.38. The largest absolute Gasteiger partial charge is 0.461 e. The Morgan fingerprint density at radius 1 is 1.41 bits per heavy atom. The molecule has 0 radical (unpaired) electrons. The molecule has 2 N–H and O–H groups in total. The Kier molecular flexibility index (Phi) is 4.24. The molecule has 5 nitrogen and oxygen atoms in total. The molecule has 0 aliphatic carbocycles. The van der Waals surface area contributed by atoms with Crippen molar-refractivity contribution in [2.75, 3.05) is 12.4 Å². The lowest BCUT2D eigenvalue weighted by atomic mass is 10.3. The van der Waals surface area contributed by atoms with E-state index in [1.165, 1.54) is 11.8 Å². The average molecular weight is 255 g/mol. The van der Waals surface area contributed by atoms with E-state index in [4.69, 9.17) is 19.2 Å². The molecule has 2 heterocycles. The zero-order valence-corrected chi connectivity index (χ0v) is 9.89. The number of aliphatic hydroxyl groups is 2. The van der Waals surface area contributed by atoms with E-state index in [0.29, 0.717) is 23.0 Å². The van der Waals surface area contributed by atoms with Gasteiger partial charge in [0.2, 0.25) is 5.76 Å². The molecule has 2 aromatic rings. The van der Waals surface area contributed by atoms with Crippen molar-refractivity contribution in [1.29, 1.82) is 0 Å². The number of aliphatic hydroxyl groups excluding tert-OH is 2. The number of nitrogens with zero attached hydrogens (tertiary/aromatic N) is 1.